The molecule has 0 atom stereocenters. The molecular formula is C8H7N2NaO2. The second kappa shape index (κ2) is 6.65. The normalized spacial score (nSPS) is 9.23. The van der Waals surface area contributed by atoms with Crippen molar-refractivity contribution in [3.05, 3.63) is 30.3 Å². The molecule has 0 bridgehead atoms. The van der Waals surface area contributed by atoms with Crippen molar-refractivity contribution in [2.24, 2.45) is 5.10 Å². The molecule has 4 nitrogen and oxygen atoms in total. The van der Waals surface area contributed by atoms with Gasteiger partial charge in [-0.3, -0.25) is 5.43 Å². The van der Waals surface area contributed by atoms with Gasteiger partial charge in [0.25, 0.3) is 0 Å². The number of hydrogen-bond acceptors (Lipinski definition) is 4. The van der Waals surface area contributed by atoms with Crippen molar-refractivity contribution in [2.45, 2.75) is 0 Å². The number of carboxylic acids is 1. The van der Waals surface area contributed by atoms with Crippen LogP contribution in [0.4, 0.5) is 5.69 Å². The first kappa shape index (κ1) is 12.2. The van der Waals surface area contributed by atoms with Gasteiger partial charge in [0.1, 0.15) is 0 Å². The van der Waals surface area contributed by atoms with Crippen LogP contribution in [0.1, 0.15) is 0 Å². The molecule has 0 fully saturated rings. The van der Waals surface area contributed by atoms with Crippen molar-refractivity contribution >= 4 is 17.9 Å². The number of aliphatic carboxylic acids is 1. The molecule has 0 radical (unpaired) electrons. The molecule has 1 aromatic carbocycles. The molecule has 0 aliphatic rings. The van der Waals surface area contributed by atoms with E-state index < -0.39 is 5.97 Å². The topological polar surface area (TPSA) is 64.5 Å². The summed E-state index contributed by atoms with van der Waals surface area (Å²) in [6, 6.07) is 9.03. The summed E-state index contributed by atoms with van der Waals surface area (Å²) in [7, 11) is 0. The second-order valence-corrected chi connectivity index (χ2v) is 2.06. The number of hydrazone groups is 1. The Hall–Kier alpha value is -0.840. The third-order valence-electron chi connectivity index (χ3n) is 1.14. The molecule has 0 amide bonds. The van der Waals surface area contributed by atoms with Crippen LogP contribution in [0.15, 0.2) is 35.4 Å². The molecule has 0 saturated carbocycles. The average Bonchev–Trinajstić information content (AvgIpc) is 2.05. The van der Waals surface area contributed by atoms with Crippen LogP contribution < -0.4 is 40.1 Å². The molecule has 0 aliphatic heterocycles. The summed E-state index contributed by atoms with van der Waals surface area (Å²) in [5.74, 6) is -1.32. The predicted molar refractivity (Wildman–Crippen MR) is 43.6 cm³/mol. The molecule has 0 aliphatic carbocycles. The molecule has 62 valence electrons. The molecule has 0 saturated heterocycles. The zero-order valence-corrected chi connectivity index (χ0v) is 9.23. The van der Waals surface area contributed by atoms with E-state index in [0.29, 0.717) is 6.21 Å². The summed E-state index contributed by atoms with van der Waals surface area (Å²) >= 11 is 0. The summed E-state index contributed by atoms with van der Waals surface area (Å²) in [4.78, 5) is 9.89. The number of anilines is 1. The molecule has 0 spiro atoms. The van der Waals surface area contributed by atoms with Crippen LogP contribution >= 0.6 is 0 Å². The van der Waals surface area contributed by atoms with E-state index in [0.717, 1.165) is 5.69 Å². The second-order valence-electron chi connectivity index (χ2n) is 2.06. The summed E-state index contributed by atoms with van der Waals surface area (Å²) in [5.41, 5.74) is 3.26. The van der Waals surface area contributed by atoms with E-state index in [-0.39, 0.29) is 29.6 Å². The Labute approximate surface area is 97.9 Å². The maximum atomic E-state index is 9.89. The molecule has 0 aromatic heterocycles. The van der Waals surface area contributed by atoms with Crippen LogP contribution in [0, 0.1) is 0 Å². The fraction of sp³-hybridized carbons (Fsp3) is 0. The number of benzene rings is 1. The predicted octanol–water partition coefficient (Wildman–Crippen LogP) is -3.16. The number of carbonyl (C=O) groups is 1. The van der Waals surface area contributed by atoms with Crippen LogP contribution in [-0.2, 0) is 4.79 Å². The number of carbonyl (C=O) groups excluding carboxylic acids is 1. The summed E-state index contributed by atoms with van der Waals surface area (Å²) in [5, 5.41) is 13.3. The van der Waals surface area contributed by atoms with Gasteiger partial charge in [-0.2, -0.15) is 5.10 Å². The van der Waals surface area contributed by atoms with Gasteiger partial charge in [-0.1, -0.05) is 18.2 Å². The number of rotatable bonds is 3. The van der Waals surface area contributed by atoms with Crippen molar-refractivity contribution in [1.29, 1.82) is 0 Å². The summed E-state index contributed by atoms with van der Waals surface area (Å²) < 4.78 is 0. The van der Waals surface area contributed by atoms with E-state index >= 15 is 0 Å². The molecule has 1 N–H and O–H groups in total. The fourth-order valence-electron chi connectivity index (χ4n) is 0.672. The molecular weight excluding hydrogens is 179 g/mol. The first-order valence-electron chi connectivity index (χ1n) is 3.34. The van der Waals surface area contributed by atoms with Gasteiger partial charge in [-0.05, 0) is 12.1 Å². The third-order valence-corrected chi connectivity index (χ3v) is 1.14. The molecule has 0 unspecified atom stereocenters. The zero-order valence-electron chi connectivity index (χ0n) is 7.23. The van der Waals surface area contributed by atoms with Crippen molar-refractivity contribution < 1.29 is 39.5 Å². The summed E-state index contributed by atoms with van der Waals surface area (Å²) in [6.45, 7) is 0. The maximum Gasteiger partial charge on any atom is 1.00 e. The van der Waals surface area contributed by atoms with Gasteiger partial charge >= 0.3 is 29.6 Å². The molecule has 1 rings (SSSR count). The van der Waals surface area contributed by atoms with Crippen molar-refractivity contribution in [3.8, 4) is 0 Å². The minimum absolute atomic E-state index is 0. The fourth-order valence-corrected chi connectivity index (χ4v) is 0.672. The number of hydrogen-bond donors (Lipinski definition) is 1. The van der Waals surface area contributed by atoms with E-state index in [4.69, 9.17) is 0 Å². The van der Waals surface area contributed by atoms with Crippen LogP contribution in [0.3, 0.4) is 0 Å². The minimum atomic E-state index is -1.32. The van der Waals surface area contributed by atoms with Crippen LogP contribution in [0.2, 0.25) is 0 Å². The van der Waals surface area contributed by atoms with Crippen molar-refractivity contribution in [1.82, 2.24) is 0 Å². The Morgan fingerprint density at radius 1 is 1.38 bits per heavy atom. The van der Waals surface area contributed by atoms with Gasteiger partial charge in [-0.25, -0.2) is 0 Å². The Bertz CT molecular complexity index is 287. The van der Waals surface area contributed by atoms with Crippen molar-refractivity contribution in [3.63, 3.8) is 0 Å². The van der Waals surface area contributed by atoms with Gasteiger partial charge in [-0.15, -0.1) is 0 Å². The third kappa shape index (κ3) is 5.41. The number of nitrogens with one attached hydrogen (secondary N) is 1. The Morgan fingerprint density at radius 2 is 2.00 bits per heavy atom. The maximum absolute atomic E-state index is 9.89. The largest absolute Gasteiger partial charge is 1.00 e. The van der Waals surface area contributed by atoms with Gasteiger partial charge in [0.2, 0.25) is 0 Å². The monoisotopic (exact) mass is 186 g/mol. The van der Waals surface area contributed by atoms with Crippen LogP contribution in [0.5, 0.6) is 0 Å². The van der Waals surface area contributed by atoms with Gasteiger partial charge in [0, 0.05) is 0 Å². The van der Waals surface area contributed by atoms with Gasteiger partial charge in [0.15, 0.2) is 0 Å². The smallest absolute Gasteiger partial charge is 0.544 e. The first-order valence-corrected chi connectivity index (χ1v) is 3.34. The molecule has 1 aromatic rings. The molecule has 5 heteroatoms. The Morgan fingerprint density at radius 3 is 2.54 bits per heavy atom. The standard InChI is InChI=1S/C8H8N2O2.Na/c11-8(12)6-9-10-7-4-2-1-3-5-7;/h1-6,10H,(H,11,12);/q;+1/p-1/b9-6-;. The van der Waals surface area contributed by atoms with Crippen LogP contribution in [0.25, 0.3) is 0 Å². The van der Waals surface area contributed by atoms with Gasteiger partial charge < -0.3 is 9.90 Å². The minimum Gasteiger partial charge on any atom is -0.544 e. The Kier molecular flexibility index (Phi) is 6.22. The van der Waals surface area contributed by atoms with E-state index in [1.165, 1.54) is 0 Å². The van der Waals surface area contributed by atoms with Crippen LogP contribution in [-0.4, -0.2) is 12.2 Å². The molecule has 13 heavy (non-hydrogen) atoms. The van der Waals surface area contributed by atoms with E-state index in [1.807, 2.05) is 18.2 Å². The average molecular weight is 186 g/mol. The van der Waals surface area contributed by atoms with Crippen molar-refractivity contribution in [2.75, 3.05) is 5.43 Å². The SMILES string of the molecule is O=C([O-])/C=N\Nc1ccccc1.[Na+]. The number of carboxylic acid groups (broad SMARTS) is 1. The number of para-hydroxylation sites is 1. The van der Waals surface area contributed by atoms with Gasteiger partial charge in [0.05, 0.1) is 17.9 Å². The zero-order chi connectivity index (χ0) is 8.81. The van der Waals surface area contributed by atoms with E-state index in [2.05, 4.69) is 10.5 Å². The quantitative estimate of drug-likeness (QED) is 0.308. The number of nitrogens with zero attached hydrogens (tertiary/aromatic N) is 1. The molecule has 0 heterocycles. The Balaban J connectivity index is 0.00000144. The summed E-state index contributed by atoms with van der Waals surface area (Å²) in [6.07, 6.45) is 0.687. The van der Waals surface area contributed by atoms with E-state index in [1.54, 1.807) is 12.1 Å². The first-order chi connectivity index (χ1) is 5.79. The van der Waals surface area contributed by atoms with E-state index in [9.17, 15) is 9.90 Å².